The molecule has 1 saturated heterocycles. The van der Waals surface area contributed by atoms with Crippen molar-refractivity contribution in [2.45, 2.75) is 44.2 Å². The van der Waals surface area contributed by atoms with E-state index in [1.165, 1.54) is 0 Å². The molecule has 2 heterocycles. The van der Waals surface area contributed by atoms with Gasteiger partial charge in [0.1, 0.15) is 0 Å². The minimum absolute atomic E-state index is 0.240. The SMILES string of the molecule is NC1(c2noc(-c3ccc(CN4CCCC4=O)cc3)n2)CCC1. The van der Waals surface area contributed by atoms with Gasteiger partial charge in [0.05, 0.1) is 5.54 Å². The van der Waals surface area contributed by atoms with Crippen LogP contribution in [0.15, 0.2) is 28.8 Å². The molecule has 4 rings (SSSR count). The Bertz CT molecular complexity index is 718. The van der Waals surface area contributed by atoms with Gasteiger partial charge in [-0.3, -0.25) is 4.79 Å². The maximum atomic E-state index is 11.7. The first kappa shape index (κ1) is 14.4. The summed E-state index contributed by atoms with van der Waals surface area (Å²) in [4.78, 5) is 18.0. The maximum absolute atomic E-state index is 11.7. The molecule has 120 valence electrons. The zero-order valence-corrected chi connectivity index (χ0v) is 13.0. The summed E-state index contributed by atoms with van der Waals surface area (Å²) >= 11 is 0. The molecule has 1 amide bonds. The first-order valence-electron chi connectivity index (χ1n) is 8.14. The number of aromatic nitrogens is 2. The Balaban J connectivity index is 1.48. The van der Waals surface area contributed by atoms with Crippen molar-refractivity contribution in [2.75, 3.05) is 6.54 Å². The van der Waals surface area contributed by atoms with E-state index in [2.05, 4.69) is 10.1 Å². The van der Waals surface area contributed by atoms with E-state index in [-0.39, 0.29) is 5.91 Å². The van der Waals surface area contributed by atoms with E-state index >= 15 is 0 Å². The molecule has 2 N–H and O–H groups in total. The number of hydrogen-bond acceptors (Lipinski definition) is 5. The molecule has 2 fully saturated rings. The van der Waals surface area contributed by atoms with Crippen LogP contribution in [-0.4, -0.2) is 27.5 Å². The van der Waals surface area contributed by atoms with Crippen LogP contribution in [0.2, 0.25) is 0 Å². The highest BCUT2D eigenvalue weighted by Crippen LogP contribution is 2.37. The van der Waals surface area contributed by atoms with Crippen molar-refractivity contribution in [3.05, 3.63) is 35.7 Å². The molecule has 2 aromatic rings. The molecule has 0 bridgehead atoms. The van der Waals surface area contributed by atoms with Crippen LogP contribution in [0.5, 0.6) is 0 Å². The summed E-state index contributed by atoms with van der Waals surface area (Å²) in [5, 5.41) is 4.04. The lowest BCUT2D eigenvalue weighted by Crippen LogP contribution is -2.44. The van der Waals surface area contributed by atoms with Crippen molar-refractivity contribution in [1.29, 1.82) is 0 Å². The summed E-state index contributed by atoms with van der Waals surface area (Å²) in [7, 11) is 0. The van der Waals surface area contributed by atoms with E-state index < -0.39 is 5.54 Å². The summed E-state index contributed by atoms with van der Waals surface area (Å²) in [6.45, 7) is 1.52. The molecule has 23 heavy (non-hydrogen) atoms. The first-order valence-corrected chi connectivity index (χ1v) is 8.14. The fourth-order valence-electron chi connectivity index (χ4n) is 3.17. The third kappa shape index (κ3) is 2.63. The van der Waals surface area contributed by atoms with Gasteiger partial charge in [-0.1, -0.05) is 17.3 Å². The number of nitrogens with two attached hydrogens (primary N) is 1. The number of carbonyl (C=O) groups excluding carboxylic acids is 1. The topological polar surface area (TPSA) is 85.2 Å². The lowest BCUT2D eigenvalue weighted by atomic mass is 9.77. The summed E-state index contributed by atoms with van der Waals surface area (Å²) in [6, 6.07) is 7.92. The van der Waals surface area contributed by atoms with Crippen LogP contribution < -0.4 is 5.73 Å². The molecule has 6 heteroatoms. The molecule has 0 radical (unpaired) electrons. The lowest BCUT2D eigenvalue weighted by Gasteiger charge is -2.34. The largest absolute Gasteiger partial charge is 0.338 e. The number of benzene rings is 1. The maximum Gasteiger partial charge on any atom is 0.257 e. The Morgan fingerprint density at radius 1 is 1.22 bits per heavy atom. The molecule has 0 atom stereocenters. The van der Waals surface area contributed by atoms with Gasteiger partial charge in [0.25, 0.3) is 5.89 Å². The molecule has 2 aliphatic rings. The second kappa shape index (κ2) is 5.45. The van der Waals surface area contributed by atoms with Gasteiger partial charge in [-0.05, 0) is 43.4 Å². The molecule has 1 aromatic heterocycles. The minimum atomic E-state index is -0.405. The molecule has 1 saturated carbocycles. The summed E-state index contributed by atoms with van der Waals surface area (Å²) < 4.78 is 5.36. The Morgan fingerprint density at radius 3 is 2.61 bits per heavy atom. The first-order chi connectivity index (χ1) is 11.1. The summed E-state index contributed by atoms with van der Waals surface area (Å²) in [5.41, 5.74) is 7.80. The van der Waals surface area contributed by atoms with Crippen molar-refractivity contribution in [3.63, 3.8) is 0 Å². The van der Waals surface area contributed by atoms with E-state index in [4.69, 9.17) is 10.3 Å². The van der Waals surface area contributed by atoms with E-state index in [1.54, 1.807) is 0 Å². The van der Waals surface area contributed by atoms with Gasteiger partial charge in [-0.2, -0.15) is 4.98 Å². The number of nitrogens with zero attached hydrogens (tertiary/aromatic N) is 3. The van der Waals surface area contributed by atoms with Gasteiger partial charge in [0, 0.05) is 25.1 Å². The Kier molecular flexibility index (Phi) is 3.41. The number of carbonyl (C=O) groups is 1. The van der Waals surface area contributed by atoms with Gasteiger partial charge in [-0.25, -0.2) is 0 Å². The van der Waals surface area contributed by atoms with Crippen molar-refractivity contribution in [3.8, 4) is 11.5 Å². The second-order valence-corrected chi connectivity index (χ2v) is 6.55. The lowest BCUT2D eigenvalue weighted by molar-refractivity contribution is -0.128. The molecule has 6 nitrogen and oxygen atoms in total. The number of amides is 1. The highest BCUT2D eigenvalue weighted by atomic mass is 16.5. The average Bonchev–Trinajstić information content (AvgIpc) is 3.16. The average molecular weight is 312 g/mol. The summed E-state index contributed by atoms with van der Waals surface area (Å²) in [5.74, 6) is 1.34. The summed E-state index contributed by atoms with van der Waals surface area (Å²) in [6.07, 6.45) is 4.57. The van der Waals surface area contributed by atoms with E-state index in [0.717, 1.165) is 43.4 Å². The van der Waals surface area contributed by atoms with Gasteiger partial charge >= 0.3 is 0 Å². The van der Waals surface area contributed by atoms with Crippen molar-refractivity contribution in [2.24, 2.45) is 5.73 Å². The molecule has 1 aromatic carbocycles. The third-order valence-corrected chi connectivity index (χ3v) is 4.86. The Labute approximate surface area is 134 Å². The van der Waals surface area contributed by atoms with Crippen LogP contribution in [0.4, 0.5) is 0 Å². The van der Waals surface area contributed by atoms with Crippen LogP contribution >= 0.6 is 0 Å². The molecule has 1 aliphatic carbocycles. The number of likely N-dealkylation sites (tertiary alicyclic amines) is 1. The fourth-order valence-corrected chi connectivity index (χ4v) is 3.17. The van der Waals surface area contributed by atoms with Gasteiger partial charge in [0.15, 0.2) is 5.82 Å². The highest BCUT2D eigenvalue weighted by molar-refractivity contribution is 5.78. The smallest absolute Gasteiger partial charge is 0.257 e. The monoisotopic (exact) mass is 312 g/mol. The minimum Gasteiger partial charge on any atom is -0.338 e. The fraction of sp³-hybridized carbons (Fsp3) is 0.471. The molecular weight excluding hydrogens is 292 g/mol. The van der Waals surface area contributed by atoms with Crippen LogP contribution in [0.25, 0.3) is 11.5 Å². The van der Waals surface area contributed by atoms with Crippen LogP contribution in [0.1, 0.15) is 43.5 Å². The number of rotatable bonds is 4. The molecular formula is C17H20N4O2. The third-order valence-electron chi connectivity index (χ3n) is 4.86. The van der Waals surface area contributed by atoms with Gasteiger partial charge in [-0.15, -0.1) is 0 Å². The number of hydrogen-bond donors (Lipinski definition) is 1. The van der Waals surface area contributed by atoms with Crippen molar-refractivity contribution < 1.29 is 9.32 Å². The molecule has 0 spiro atoms. The zero-order chi connectivity index (χ0) is 15.9. The second-order valence-electron chi connectivity index (χ2n) is 6.55. The standard InChI is InChI=1S/C17H20N4O2/c18-17(8-2-9-17)16-19-15(23-20-16)13-6-4-12(5-7-13)11-21-10-1-3-14(21)22/h4-7H,1-3,8-11,18H2. The Hall–Kier alpha value is -2.21. The van der Waals surface area contributed by atoms with Gasteiger partial charge < -0.3 is 15.2 Å². The molecule has 0 unspecified atom stereocenters. The van der Waals surface area contributed by atoms with E-state index in [9.17, 15) is 4.79 Å². The molecule has 1 aliphatic heterocycles. The van der Waals surface area contributed by atoms with Crippen LogP contribution in [-0.2, 0) is 16.9 Å². The van der Waals surface area contributed by atoms with E-state index in [0.29, 0.717) is 24.7 Å². The normalized spacial score (nSPS) is 19.9. The highest BCUT2D eigenvalue weighted by Gasteiger charge is 2.39. The van der Waals surface area contributed by atoms with Crippen LogP contribution in [0.3, 0.4) is 0 Å². The van der Waals surface area contributed by atoms with Crippen LogP contribution in [0, 0.1) is 0 Å². The van der Waals surface area contributed by atoms with Crippen molar-refractivity contribution in [1.82, 2.24) is 15.0 Å². The predicted octanol–water partition coefficient (Wildman–Crippen LogP) is 2.20. The van der Waals surface area contributed by atoms with Gasteiger partial charge in [0.2, 0.25) is 5.91 Å². The zero-order valence-electron chi connectivity index (χ0n) is 13.0. The Morgan fingerprint density at radius 2 is 2.00 bits per heavy atom. The van der Waals surface area contributed by atoms with E-state index in [1.807, 2.05) is 29.2 Å². The quantitative estimate of drug-likeness (QED) is 0.935. The predicted molar refractivity (Wildman–Crippen MR) is 84.1 cm³/mol. The van der Waals surface area contributed by atoms with Crippen molar-refractivity contribution >= 4 is 5.91 Å².